The average Bonchev–Trinajstić information content (AvgIpc) is 2.00. The fraction of sp³-hybridized carbons (Fsp3) is 0.667. The number of carbonyl (C=O) groups is 3. The van der Waals surface area contributed by atoms with Crippen LogP contribution in [0.15, 0.2) is 0 Å². The van der Waals surface area contributed by atoms with E-state index in [1.807, 2.05) is 0 Å². The molecule has 0 aliphatic carbocycles. The Labute approximate surface area is 72.1 Å². The Morgan fingerprint density at radius 2 is 1.00 bits per heavy atom. The first kappa shape index (κ1) is 11.0. The van der Waals surface area contributed by atoms with Crippen molar-refractivity contribution in [2.75, 3.05) is 0 Å². The molecule has 3 nitrogen and oxygen atoms in total. The number of carbonyl (C=O) groups excluding carboxylic acids is 3. The lowest BCUT2D eigenvalue weighted by Crippen LogP contribution is -2.30. The van der Waals surface area contributed by atoms with Gasteiger partial charge in [-0.05, 0) is 0 Å². The molecule has 0 aromatic heterocycles. The molecule has 0 aliphatic heterocycles. The highest BCUT2D eigenvalue weighted by molar-refractivity contribution is 6.64. The molecule has 0 aromatic rings. The van der Waals surface area contributed by atoms with Crippen LogP contribution in [0, 0.1) is 11.8 Å². The van der Waals surface area contributed by atoms with Gasteiger partial charge < -0.3 is 0 Å². The Balaban J connectivity index is 4.41. The van der Waals surface area contributed by atoms with Gasteiger partial charge in [-0.3, -0.25) is 14.4 Å². The van der Waals surface area contributed by atoms with E-state index in [1.165, 1.54) is 0 Å². The first-order chi connectivity index (χ1) is 5.37. The Hall–Kier alpha value is -0.990. The Bertz CT molecular complexity index is 192. The SMILES string of the molecule is CC(C)C(=O)C(=O)C(=O)C(C)C. The second-order valence-corrected chi connectivity index (χ2v) is 3.37. The fourth-order valence-corrected chi connectivity index (χ4v) is 0.646. The van der Waals surface area contributed by atoms with Gasteiger partial charge in [0.2, 0.25) is 11.6 Å². The van der Waals surface area contributed by atoms with Gasteiger partial charge in [0.1, 0.15) is 0 Å². The largest absolute Gasteiger partial charge is 0.290 e. The minimum absolute atomic E-state index is 0.389. The molecule has 0 radical (unpaired) electrons. The highest BCUT2D eigenvalue weighted by Crippen LogP contribution is 2.01. The zero-order valence-electron chi connectivity index (χ0n) is 7.88. The van der Waals surface area contributed by atoms with Gasteiger partial charge in [-0.25, -0.2) is 0 Å². The van der Waals surface area contributed by atoms with Gasteiger partial charge in [0, 0.05) is 11.8 Å². The van der Waals surface area contributed by atoms with Crippen molar-refractivity contribution in [3.8, 4) is 0 Å². The third-order valence-corrected chi connectivity index (χ3v) is 1.50. The van der Waals surface area contributed by atoms with E-state index < -0.39 is 17.3 Å². The molecule has 3 heteroatoms. The number of hydrogen-bond acceptors (Lipinski definition) is 3. The number of rotatable bonds is 4. The molecule has 0 N–H and O–H groups in total. The van der Waals surface area contributed by atoms with E-state index in [0.29, 0.717) is 0 Å². The van der Waals surface area contributed by atoms with Crippen molar-refractivity contribution < 1.29 is 14.4 Å². The molecular weight excluding hydrogens is 156 g/mol. The lowest BCUT2D eigenvalue weighted by atomic mass is 9.97. The maximum absolute atomic E-state index is 11.0. The molecule has 0 heterocycles. The van der Waals surface area contributed by atoms with Crippen molar-refractivity contribution in [2.24, 2.45) is 11.8 Å². The maximum Gasteiger partial charge on any atom is 0.264 e. The lowest BCUT2D eigenvalue weighted by Gasteiger charge is -2.03. The van der Waals surface area contributed by atoms with Crippen molar-refractivity contribution in [2.45, 2.75) is 27.7 Å². The van der Waals surface area contributed by atoms with Gasteiger partial charge in [0.05, 0.1) is 0 Å². The van der Waals surface area contributed by atoms with E-state index >= 15 is 0 Å². The zero-order valence-corrected chi connectivity index (χ0v) is 7.88. The van der Waals surface area contributed by atoms with Crippen LogP contribution in [0.5, 0.6) is 0 Å². The zero-order chi connectivity index (χ0) is 9.89. The highest BCUT2D eigenvalue weighted by Gasteiger charge is 2.26. The summed E-state index contributed by atoms with van der Waals surface area (Å²) in [5.74, 6) is -2.82. The summed E-state index contributed by atoms with van der Waals surface area (Å²) in [7, 11) is 0. The van der Waals surface area contributed by atoms with Crippen LogP contribution in [0.4, 0.5) is 0 Å². The van der Waals surface area contributed by atoms with Crippen molar-refractivity contribution >= 4 is 17.3 Å². The number of Topliss-reactive ketones (excluding diaryl/α,β-unsaturated/α-hetero) is 3. The van der Waals surface area contributed by atoms with Crippen molar-refractivity contribution in [3.05, 3.63) is 0 Å². The molecule has 0 aliphatic rings. The van der Waals surface area contributed by atoms with Crippen molar-refractivity contribution in [1.82, 2.24) is 0 Å². The van der Waals surface area contributed by atoms with E-state index in [-0.39, 0.29) is 11.8 Å². The van der Waals surface area contributed by atoms with Crippen LogP contribution in [0.2, 0.25) is 0 Å². The number of ketones is 3. The fourth-order valence-electron chi connectivity index (χ4n) is 0.646. The summed E-state index contributed by atoms with van der Waals surface area (Å²) in [4.78, 5) is 33.1. The van der Waals surface area contributed by atoms with Crippen LogP contribution in [0.1, 0.15) is 27.7 Å². The normalized spacial score (nSPS) is 10.5. The minimum Gasteiger partial charge on any atom is -0.290 e. The van der Waals surface area contributed by atoms with E-state index in [1.54, 1.807) is 27.7 Å². The van der Waals surface area contributed by atoms with Gasteiger partial charge >= 0.3 is 0 Å². The van der Waals surface area contributed by atoms with Crippen molar-refractivity contribution in [3.63, 3.8) is 0 Å². The standard InChI is InChI=1S/C9H14O3/c1-5(2)7(10)9(12)8(11)6(3)4/h5-6H,1-4H3. The topological polar surface area (TPSA) is 51.2 Å². The summed E-state index contributed by atoms with van der Waals surface area (Å²) >= 11 is 0. The van der Waals surface area contributed by atoms with Gasteiger partial charge in [-0.15, -0.1) is 0 Å². The molecule has 0 atom stereocenters. The van der Waals surface area contributed by atoms with Crippen molar-refractivity contribution in [1.29, 1.82) is 0 Å². The summed E-state index contributed by atoms with van der Waals surface area (Å²) in [6.45, 7) is 6.42. The van der Waals surface area contributed by atoms with Gasteiger partial charge in [0.15, 0.2) is 0 Å². The summed E-state index contributed by atoms with van der Waals surface area (Å²) in [6.07, 6.45) is 0. The Morgan fingerprint density at radius 3 is 1.17 bits per heavy atom. The molecule has 0 bridgehead atoms. The van der Waals surface area contributed by atoms with E-state index in [2.05, 4.69) is 0 Å². The molecule has 12 heavy (non-hydrogen) atoms. The first-order valence-electron chi connectivity index (χ1n) is 4.00. The molecule has 68 valence electrons. The molecule has 0 saturated carbocycles. The van der Waals surface area contributed by atoms with Gasteiger partial charge in [-0.2, -0.15) is 0 Å². The summed E-state index contributed by atoms with van der Waals surface area (Å²) in [5, 5.41) is 0. The molecule has 0 fully saturated rings. The van der Waals surface area contributed by atoms with Gasteiger partial charge in [0.25, 0.3) is 5.78 Å². The number of hydrogen-bond donors (Lipinski definition) is 0. The third kappa shape index (κ3) is 2.57. The Kier molecular flexibility index (Phi) is 3.80. The van der Waals surface area contributed by atoms with Gasteiger partial charge in [-0.1, -0.05) is 27.7 Å². The third-order valence-electron chi connectivity index (χ3n) is 1.50. The molecule has 0 aromatic carbocycles. The smallest absolute Gasteiger partial charge is 0.264 e. The average molecular weight is 170 g/mol. The summed E-state index contributed by atoms with van der Waals surface area (Å²) in [6, 6.07) is 0. The molecule has 0 spiro atoms. The van der Waals surface area contributed by atoms with Crippen LogP contribution in [0.25, 0.3) is 0 Å². The molecule has 0 unspecified atom stereocenters. The Morgan fingerprint density at radius 1 is 0.750 bits per heavy atom. The van der Waals surface area contributed by atoms with Crippen LogP contribution in [-0.4, -0.2) is 17.3 Å². The van der Waals surface area contributed by atoms with E-state index in [0.717, 1.165) is 0 Å². The molecule has 0 rings (SSSR count). The van der Waals surface area contributed by atoms with Crippen LogP contribution in [-0.2, 0) is 14.4 Å². The van der Waals surface area contributed by atoms with Crippen LogP contribution < -0.4 is 0 Å². The van der Waals surface area contributed by atoms with E-state index in [4.69, 9.17) is 0 Å². The van der Waals surface area contributed by atoms with E-state index in [9.17, 15) is 14.4 Å². The summed E-state index contributed by atoms with van der Waals surface area (Å²) < 4.78 is 0. The van der Waals surface area contributed by atoms with Crippen LogP contribution in [0.3, 0.4) is 0 Å². The lowest BCUT2D eigenvalue weighted by molar-refractivity contribution is -0.146. The summed E-state index contributed by atoms with van der Waals surface area (Å²) in [5.41, 5.74) is 0. The second kappa shape index (κ2) is 4.14. The molecular formula is C9H14O3. The maximum atomic E-state index is 11.0. The molecule has 0 saturated heterocycles. The highest BCUT2D eigenvalue weighted by atomic mass is 16.2. The molecule has 0 amide bonds. The first-order valence-corrected chi connectivity index (χ1v) is 4.00. The van der Waals surface area contributed by atoms with Crippen LogP contribution >= 0.6 is 0 Å². The monoisotopic (exact) mass is 170 g/mol. The predicted octanol–water partition coefficient (Wildman–Crippen LogP) is 1.01. The second-order valence-electron chi connectivity index (χ2n) is 3.37. The minimum atomic E-state index is -0.861. The predicted molar refractivity (Wildman–Crippen MR) is 44.7 cm³/mol. The quantitative estimate of drug-likeness (QED) is 0.467.